The minimum Gasteiger partial charge on any atom is -0.373 e. The van der Waals surface area contributed by atoms with Gasteiger partial charge in [0.05, 0.1) is 0 Å². The maximum Gasteiger partial charge on any atom is 0.191 e. The van der Waals surface area contributed by atoms with Gasteiger partial charge in [-0.2, -0.15) is 0 Å². The molecule has 1 heterocycles. The summed E-state index contributed by atoms with van der Waals surface area (Å²) in [4.78, 5) is 8.44. The highest BCUT2D eigenvalue weighted by atomic mass is 32.2. The van der Waals surface area contributed by atoms with Crippen LogP contribution in [0.4, 0.5) is 11.6 Å². The predicted molar refractivity (Wildman–Crippen MR) is 52.9 cm³/mol. The SMILES string of the molecule is CNc1cc(NC)nc(SC)n1. The van der Waals surface area contributed by atoms with Crippen LogP contribution in [0.15, 0.2) is 11.2 Å². The molecule has 0 aromatic carbocycles. The second kappa shape index (κ2) is 4.15. The third kappa shape index (κ3) is 2.01. The number of hydrogen-bond acceptors (Lipinski definition) is 5. The molecule has 2 N–H and O–H groups in total. The zero-order valence-corrected chi connectivity index (χ0v) is 8.20. The van der Waals surface area contributed by atoms with Crippen LogP contribution in [-0.4, -0.2) is 30.3 Å². The number of nitrogens with one attached hydrogen (secondary N) is 2. The first-order valence-corrected chi connectivity index (χ1v) is 4.81. The largest absolute Gasteiger partial charge is 0.373 e. The highest BCUT2D eigenvalue weighted by Gasteiger charge is 1.99. The zero-order chi connectivity index (χ0) is 8.97. The van der Waals surface area contributed by atoms with E-state index < -0.39 is 0 Å². The fraction of sp³-hybridized carbons (Fsp3) is 0.429. The average Bonchev–Trinajstić information content (AvgIpc) is 2.16. The number of rotatable bonds is 3. The number of anilines is 2. The Balaban J connectivity index is 3.01. The normalized spacial score (nSPS) is 9.58. The molecule has 0 aliphatic rings. The molecule has 1 aromatic heterocycles. The molecule has 0 aliphatic carbocycles. The van der Waals surface area contributed by atoms with Crippen molar-refractivity contribution in [3.63, 3.8) is 0 Å². The smallest absolute Gasteiger partial charge is 0.191 e. The van der Waals surface area contributed by atoms with Gasteiger partial charge in [0.1, 0.15) is 11.6 Å². The van der Waals surface area contributed by atoms with Gasteiger partial charge in [0.15, 0.2) is 5.16 Å². The summed E-state index contributed by atoms with van der Waals surface area (Å²) in [5.41, 5.74) is 0. The van der Waals surface area contributed by atoms with Gasteiger partial charge in [-0.25, -0.2) is 9.97 Å². The molecular formula is C7H12N4S. The standard InChI is InChI=1S/C7H12N4S/c1-8-5-4-6(9-2)11-7(10-5)12-3/h4H,1-3H3,(H2,8,9,10,11). The molecule has 1 aromatic rings. The van der Waals surface area contributed by atoms with Crippen LogP contribution in [-0.2, 0) is 0 Å². The molecule has 0 radical (unpaired) electrons. The van der Waals surface area contributed by atoms with Crippen LogP contribution in [0.2, 0.25) is 0 Å². The predicted octanol–water partition coefficient (Wildman–Crippen LogP) is 1.28. The molecule has 66 valence electrons. The minimum atomic E-state index is 0.770. The van der Waals surface area contributed by atoms with Crippen LogP contribution >= 0.6 is 11.8 Å². The number of aromatic nitrogens is 2. The van der Waals surface area contributed by atoms with Gasteiger partial charge in [-0.15, -0.1) is 0 Å². The van der Waals surface area contributed by atoms with E-state index in [0.717, 1.165) is 16.8 Å². The lowest BCUT2D eigenvalue weighted by atomic mass is 10.5. The fourth-order valence-electron chi connectivity index (χ4n) is 0.773. The van der Waals surface area contributed by atoms with E-state index in [1.54, 1.807) is 0 Å². The van der Waals surface area contributed by atoms with Gasteiger partial charge in [-0.3, -0.25) is 0 Å². The lowest BCUT2D eigenvalue weighted by molar-refractivity contribution is 0.974. The Bertz CT molecular complexity index is 208. The van der Waals surface area contributed by atoms with Crippen molar-refractivity contribution in [2.75, 3.05) is 31.0 Å². The third-order valence-corrected chi connectivity index (χ3v) is 1.95. The molecule has 0 saturated carbocycles. The van der Waals surface area contributed by atoms with Crippen molar-refractivity contribution in [2.24, 2.45) is 0 Å². The molecule has 4 nitrogen and oxygen atoms in total. The van der Waals surface area contributed by atoms with Crippen molar-refractivity contribution in [3.05, 3.63) is 6.07 Å². The van der Waals surface area contributed by atoms with Crippen molar-refractivity contribution in [1.82, 2.24) is 9.97 Å². The highest BCUT2D eigenvalue weighted by Crippen LogP contribution is 2.15. The Morgan fingerprint density at radius 1 is 1.17 bits per heavy atom. The van der Waals surface area contributed by atoms with E-state index >= 15 is 0 Å². The molecule has 1 rings (SSSR count). The van der Waals surface area contributed by atoms with Crippen molar-refractivity contribution in [3.8, 4) is 0 Å². The maximum absolute atomic E-state index is 4.22. The average molecular weight is 184 g/mol. The van der Waals surface area contributed by atoms with Crippen LogP contribution in [0.5, 0.6) is 0 Å². The first-order valence-electron chi connectivity index (χ1n) is 3.58. The molecule has 0 atom stereocenters. The molecular weight excluding hydrogens is 172 g/mol. The number of nitrogens with zero attached hydrogens (tertiary/aromatic N) is 2. The van der Waals surface area contributed by atoms with Crippen LogP contribution in [0.3, 0.4) is 0 Å². The number of hydrogen-bond donors (Lipinski definition) is 2. The molecule has 0 fully saturated rings. The highest BCUT2D eigenvalue weighted by molar-refractivity contribution is 7.98. The van der Waals surface area contributed by atoms with Crippen LogP contribution < -0.4 is 10.6 Å². The van der Waals surface area contributed by atoms with E-state index in [0.29, 0.717) is 0 Å². The Labute approximate surface area is 76.2 Å². The second-order valence-corrected chi connectivity index (χ2v) is 2.90. The summed E-state index contributed by atoms with van der Waals surface area (Å²) >= 11 is 1.53. The van der Waals surface area contributed by atoms with E-state index in [2.05, 4.69) is 20.6 Å². The first-order chi connectivity index (χ1) is 5.80. The third-order valence-electron chi connectivity index (χ3n) is 1.40. The van der Waals surface area contributed by atoms with E-state index in [4.69, 9.17) is 0 Å². The molecule has 0 spiro atoms. The molecule has 0 aliphatic heterocycles. The summed E-state index contributed by atoms with van der Waals surface area (Å²) in [6.07, 6.45) is 1.95. The monoisotopic (exact) mass is 184 g/mol. The first kappa shape index (κ1) is 9.12. The van der Waals surface area contributed by atoms with E-state index in [1.165, 1.54) is 11.8 Å². The second-order valence-electron chi connectivity index (χ2n) is 2.13. The molecule has 0 amide bonds. The summed E-state index contributed by atoms with van der Waals surface area (Å²) in [7, 11) is 3.68. The topological polar surface area (TPSA) is 49.8 Å². The van der Waals surface area contributed by atoms with Gasteiger partial charge < -0.3 is 10.6 Å². The number of thioether (sulfide) groups is 1. The zero-order valence-electron chi connectivity index (χ0n) is 7.38. The Hall–Kier alpha value is -0.970. The summed E-state index contributed by atoms with van der Waals surface area (Å²) in [6.45, 7) is 0. The quantitative estimate of drug-likeness (QED) is 0.547. The van der Waals surface area contributed by atoms with Gasteiger partial charge in [0.25, 0.3) is 0 Å². The van der Waals surface area contributed by atoms with Crippen molar-refractivity contribution in [1.29, 1.82) is 0 Å². The summed E-state index contributed by atoms with van der Waals surface area (Å²) in [5, 5.41) is 6.71. The minimum absolute atomic E-state index is 0.770. The Morgan fingerprint density at radius 3 is 2.00 bits per heavy atom. The van der Waals surface area contributed by atoms with E-state index in [-0.39, 0.29) is 0 Å². The van der Waals surface area contributed by atoms with Gasteiger partial charge in [-0.05, 0) is 6.26 Å². The summed E-state index contributed by atoms with van der Waals surface area (Å²) < 4.78 is 0. The van der Waals surface area contributed by atoms with Crippen molar-refractivity contribution < 1.29 is 0 Å². The molecule has 12 heavy (non-hydrogen) atoms. The molecule has 0 bridgehead atoms. The lowest BCUT2D eigenvalue weighted by Crippen LogP contribution is -1.99. The van der Waals surface area contributed by atoms with Gasteiger partial charge >= 0.3 is 0 Å². The molecule has 5 heteroatoms. The van der Waals surface area contributed by atoms with Crippen molar-refractivity contribution in [2.45, 2.75) is 5.16 Å². The lowest BCUT2D eigenvalue weighted by Gasteiger charge is -2.04. The van der Waals surface area contributed by atoms with Crippen LogP contribution in [0, 0.1) is 0 Å². The van der Waals surface area contributed by atoms with E-state index in [1.807, 2.05) is 26.4 Å². The van der Waals surface area contributed by atoms with E-state index in [9.17, 15) is 0 Å². The maximum atomic E-state index is 4.22. The van der Waals surface area contributed by atoms with Gasteiger partial charge in [0, 0.05) is 20.2 Å². The summed E-state index contributed by atoms with van der Waals surface area (Å²) in [5.74, 6) is 1.66. The Morgan fingerprint density at radius 2 is 1.67 bits per heavy atom. The Kier molecular flexibility index (Phi) is 3.16. The molecule has 0 unspecified atom stereocenters. The van der Waals surface area contributed by atoms with Gasteiger partial charge in [0.2, 0.25) is 0 Å². The van der Waals surface area contributed by atoms with Crippen molar-refractivity contribution >= 4 is 23.4 Å². The van der Waals surface area contributed by atoms with Crippen LogP contribution in [0.25, 0.3) is 0 Å². The summed E-state index contributed by atoms with van der Waals surface area (Å²) in [6, 6.07) is 1.86. The molecule has 0 saturated heterocycles. The fourth-order valence-corrected chi connectivity index (χ4v) is 1.15. The van der Waals surface area contributed by atoms with Gasteiger partial charge in [-0.1, -0.05) is 11.8 Å². The van der Waals surface area contributed by atoms with Crippen LogP contribution in [0.1, 0.15) is 0 Å².